The van der Waals surface area contributed by atoms with Gasteiger partial charge in [-0.2, -0.15) is 0 Å². The predicted molar refractivity (Wildman–Crippen MR) is 90.1 cm³/mol. The molecule has 4 heteroatoms. The highest BCUT2D eigenvalue weighted by atomic mass is 79.9. The molecule has 0 radical (unpaired) electrons. The fourth-order valence-corrected chi connectivity index (χ4v) is 3.40. The van der Waals surface area contributed by atoms with Crippen molar-refractivity contribution in [2.75, 3.05) is 31.5 Å². The molecule has 1 aromatic rings. The number of benzene rings is 1. The zero-order valence-electron chi connectivity index (χ0n) is 12.4. The number of hydrogen-bond donors (Lipinski definition) is 2. The molecule has 3 nitrogen and oxygen atoms in total. The van der Waals surface area contributed by atoms with E-state index in [0.29, 0.717) is 6.54 Å². The molecule has 0 amide bonds. The molecule has 2 rings (SSSR count). The van der Waals surface area contributed by atoms with Crippen LogP contribution in [0.3, 0.4) is 0 Å². The molecule has 1 atom stereocenters. The highest BCUT2D eigenvalue weighted by Crippen LogP contribution is 2.30. The fraction of sp³-hybridized carbons (Fsp3) is 0.625. The summed E-state index contributed by atoms with van der Waals surface area (Å²) in [5, 5.41) is 3.72. The maximum atomic E-state index is 6.13. The van der Waals surface area contributed by atoms with Crippen LogP contribution in [0.25, 0.3) is 0 Å². The van der Waals surface area contributed by atoms with Crippen LogP contribution in [-0.4, -0.2) is 36.6 Å². The summed E-state index contributed by atoms with van der Waals surface area (Å²) in [6.07, 6.45) is 4.71. The average molecular weight is 340 g/mol. The maximum Gasteiger partial charge on any atom is 0.0508 e. The van der Waals surface area contributed by atoms with E-state index in [1.54, 1.807) is 0 Å². The largest absolute Gasteiger partial charge is 0.377 e. The van der Waals surface area contributed by atoms with Crippen molar-refractivity contribution in [2.24, 2.45) is 5.73 Å². The van der Waals surface area contributed by atoms with Crippen LogP contribution in [0.2, 0.25) is 0 Å². The van der Waals surface area contributed by atoms with Crippen LogP contribution in [0.15, 0.2) is 28.7 Å². The van der Waals surface area contributed by atoms with Gasteiger partial charge in [-0.05, 0) is 66.8 Å². The summed E-state index contributed by atoms with van der Waals surface area (Å²) >= 11 is 3.62. The smallest absolute Gasteiger partial charge is 0.0508 e. The lowest BCUT2D eigenvalue weighted by Crippen LogP contribution is -2.46. The lowest BCUT2D eigenvalue weighted by molar-refractivity contribution is 0.279. The van der Waals surface area contributed by atoms with Crippen LogP contribution in [0, 0.1) is 0 Å². The molecule has 0 aromatic heterocycles. The Morgan fingerprint density at radius 2 is 2.10 bits per heavy atom. The molecule has 1 aromatic carbocycles. The summed E-state index contributed by atoms with van der Waals surface area (Å²) in [5.74, 6) is 0. The van der Waals surface area contributed by atoms with Crippen LogP contribution in [0.5, 0.6) is 0 Å². The molecule has 3 N–H and O–H groups in total. The van der Waals surface area contributed by atoms with E-state index < -0.39 is 0 Å². The lowest BCUT2D eigenvalue weighted by atomic mass is 9.90. The van der Waals surface area contributed by atoms with Crippen LogP contribution in [0.4, 0.5) is 5.69 Å². The van der Waals surface area contributed by atoms with Crippen LogP contribution < -0.4 is 11.1 Å². The van der Waals surface area contributed by atoms with Crippen LogP contribution in [0.1, 0.15) is 32.6 Å². The Balaban J connectivity index is 2.08. The van der Waals surface area contributed by atoms with Gasteiger partial charge in [0.15, 0.2) is 0 Å². The van der Waals surface area contributed by atoms with E-state index in [0.717, 1.165) is 29.5 Å². The number of para-hydroxylation sites is 1. The fourth-order valence-electron chi connectivity index (χ4n) is 3.02. The second-order valence-electron chi connectivity index (χ2n) is 5.78. The quantitative estimate of drug-likeness (QED) is 0.863. The SMILES string of the molecule is CCCN1CCCC(CN)(Nc2ccccc2Br)CC1. The minimum absolute atomic E-state index is 0.0341. The van der Waals surface area contributed by atoms with Crippen molar-refractivity contribution in [2.45, 2.75) is 38.1 Å². The van der Waals surface area contributed by atoms with E-state index in [1.165, 1.54) is 25.9 Å². The molecule has 1 heterocycles. The zero-order chi connectivity index (χ0) is 14.4. The summed E-state index contributed by atoms with van der Waals surface area (Å²) in [6, 6.07) is 8.31. The number of nitrogens with zero attached hydrogens (tertiary/aromatic N) is 1. The number of rotatable bonds is 5. The molecule has 0 bridgehead atoms. The number of nitrogens with two attached hydrogens (primary N) is 1. The van der Waals surface area contributed by atoms with Gasteiger partial charge in [-0.1, -0.05) is 19.1 Å². The molecular formula is C16H26BrN3. The number of anilines is 1. The van der Waals surface area contributed by atoms with Gasteiger partial charge in [0.25, 0.3) is 0 Å². The van der Waals surface area contributed by atoms with Gasteiger partial charge in [-0.3, -0.25) is 0 Å². The number of hydrogen-bond acceptors (Lipinski definition) is 3. The molecule has 1 unspecified atom stereocenters. The van der Waals surface area contributed by atoms with Gasteiger partial charge in [-0.25, -0.2) is 0 Å². The Labute approximate surface area is 131 Å². The monoisotopic (exact) mass is 339 g/mol. The minimum atomic E-state index is 0.0341. The van der Waals surface area contributed by atoms with Gasteiger partial charge in [-0.15, -0.1) is 0 Å². The highest BCUT2D eigenvalue weighted by molar-refractivity contribution is 9.10. The standard InChI is InChI=1S/C16H26BrN3/c1-2-10-20-11-5-8-16(13-18,9-12-20)19-15-7-4-3-6-14(15)17/h3-4,6-7,19H,2,5,8-13,18H2,1H3. The molecule has 1 fully saturated rings. The van der Waals surface area contributed by atoms with Gasteiger partial charge >= 0.3 is 0 Å². The number of likely N-dealkylation sites (tertiary alicyclic amines) is 1. The second kappa shape index (κ2) is 7.43. The van der Waals surface area contributed by atoms with Crippen molar-refractivity contribution >= 4 is 21.6 Å². The number of halogens is 1. The van der Waals surface area contributed by atoms with Crippen molar-refractivity contribution in [1.82, 2.24) is 4.90 Å². The van der Waals surface area contributed by atoms with E-state index in [4.69, 9.17) is 5.73 Å². The summed E-state index contributed by atoms with van der Waals surface area (Å²) in [7, 11) is 0. The summed E-state index contributed by atoms with van der Waals surface area (Å²) in [4.78, 5) is 2.57. The molecule has 1 saturated heterocycles. The van der Waals surface area contributed by atoms with Gasteiger partial charge < -0.3 is 16.0 Å². The van der Waals surface area contributed by atoms with Crippen molar-refractivity contribution in [3.05, 3.63) is 28.7 Å². The Morgan fingerprint density at radius 1 is 1.30 bits per heavy atom. The lowest BCUT2D eigenvalue weighted by Gasteiger charge is -2.34. The highest BCUT2D eigenvalue weighted by Gasteiger charge is 2.31. The first-order valence-corrected chi connectivity index (χ1v) is 8.43. The van der Waals surface area contributed by atoms with Gasteiger partial charge in [0, 0.05) is 23.2 Å². The van der Waals surface area contributed by atoms with E-state index in [1.807, 2.05) is 6.07 Å². The Hall–Kier alpha value is -0.580. The van der Waals surface area contributed by atoms with Gasteiger partial charge in [0.05, 0.1) is 5.54 Å². The first kappa shape index (κ1) is 15.8. The van der Waals surface area contributed by atoms with E-state index in [-0.39, 0.29) is 5.54 Å². The topological polar surface area (TPSA) is 41.3 Å². The van der Waals surface area contributed by atoms with Crippen LogP contribution in [-0.2, 0) is 0 Å². The van der Waals surface area contributed by atoms with Gasteiger partial charge in [0.2, 0.25) is 0 Å². The third kappa shape index (κ3) is 3.96. The number of nitrogens with one attached hydrogen (secondary N) is 1. The first-order valence-electron chi connectivity index (χ1n) is 7.64. The second-order valence-corrected chi connectivity index (χ2v) is 6.64. The molecule has 1 aliphatic heterocycles. The molecular weight excluding hydrogens is 314 g/mol. The van der Waals surface area contributed by atoms with E-state index in [9.17, 15) is 0 Å². The third-order valence-electron chi connectivity index (χ3n) is 4.24. The minimum Gasteiger partial charge on any atom is -0.377 e. The first-order chi connectivity index (χ1) is 9.69. The Kier molecular flexibility index (Phi) is 5.87. The maximum absolute atomic E-state index is 6.13. The predicted octanol–water partition coefficient (Wildman–Crippen LogP) is 3.45. The molecule has 0 aliphatic carbocycles. The molecule has 112 valence electrons. The van der Waals surface area contributed by atoms with Crippen molar-refractivity contribution < 1.29 is 0 Å². The van der Waals surface area contributed by atoms with E-state index in [2.05, 4.69) is 51.3 Å². The van der Waals surface area contributed by atoms with E-state index >= 15 is 0 Å². The molecule has 1 aliphatic rings. The average Bonchev–Trinajstić information content (AvgIpc) is 2.66. The van der Waals surface area contributed by atoms with Crippen molar-refractivity contribution in [3.8, 4) is 0 Å². The summed E-state index contributed by atoms with van der Waals surface area (Å²) < 4.78 is 1.11. The Morgan fingerprint density at radius 3 is 2.80 bits per heavy atom. The van der Waals surface area contributed by atoms with Crippen LogP contribution >= 0.6 is 15.9 Å². The molecule has 0 spiro atoms. The van der Waals surface area contributed by atoms with Crippen molar-refractivity contribution in [3.63, 3.8) is 0 Å². The normalized spacial score (nSPS) is 24.4. The molecule has 0 saturated carbocycles. The van der Waals surface area contributed by atoms with Gasteiger partial charge in [0.1, 0.15) is 0 Å². The summed E-state index contributed by atoms with van der Waals surface area (Å²) in [5.41, 5.74) is 7.32. The zero-order valence-corrected chi connectivity index (χ0v) is 14.0. The summed E-state index contributed by atoms with van der Waals surface area (Å²) in [6.45, 7) is 6.49. The van der Waals surface area contributed by atoms with Crippen molar-refractivity contribution in [1.29, 1.82) is 0 Å². The Bertz CT molecular complexity index is 424. The molecule has 20 heavy (non-hydrogen) atoms. The third-order valence-corrected chi connectivity index (χ3v) is 4.93.